The van der Waals surface area contributed by atoms with E-state index in [4.69, 9.17) is 22.1 Å². The second kappa shape index (κ2) is 5.22. The Hall–Kier alpha value is -1.82. The Morgan fingerprint density at radius 2 is 2.39 bits per heavy atom. The largest absolute Gasteiger partial charge is 0.466 e. The van der Waals surface area contributed by atoms with E-state index >= 15 is 0 Å². The third kappa shape index (κ3) is 2.53. The number of pyridine rings is 1. The van der Waals surface area contributed by atoms with Crippen LogP contribution in [0.25, 0.3) is 11.2 Å². The van der Waals surface area contributed by atoms with Gasteiger partial charge in [-0.1, -0.05) is 11.6 Å². The molecule has 0 aliphatic carbocycles. The molecule has 2 rings (SSSR count). The number of rotatable bonds is 4. The van der Waals surface area contributed by atoms with E-state index in [0.717, 1.165) is 0 Å². The van der Waals surface area contributed by atoms with Crippen molar-refractivity contribution in [1.82, 2.24) is 14.5 Å². The molecule has 0 atom stereocenters. The summed E-state index contributed by atoms with van der Waals surface area (Å²) in [4.78, 5) is 19.6. The average Bonchev–Trinajstić information content (AvgIpc) is 2.61. The van der Waals surface area contributed by atoms with Crippen LogP contribution in [0.2, 0.25) is 5.02 Å². The summed E-state index contributed by atoms with van der Waals surface area (Å²) in [6.45, 7) is 2.52. The summed E-state index contributed by atoms with van der Waals surface area (Å²) >= 11 is 5.82. The van der Waals surface area contributed by atoms with E-state index in [2.05, 4.69) is 9.97 Å². The SMILES string of the molecule is CCOC(=O)CCn1c(N)nc2cc(Cl)cnc21. The summed E-state index contributed by atoms with van der Waals surface area (Å²) in [5.41, 5.74) is 7.01. The predicted molar refractivity (Wildman–Crippen MR) is 68.2 cm³/mol. The van der Waals surface area contributed by atoms with Gasteiger partial charge in [0, 0.05) is 12.7 Å². The molecule has 0 saturated heterocycles. The summed E-state index contributed by atoms with van der Waals surface area (Å²) in [7, 11) is 0. The van der Waals surface area contributed by atoms with Gasteiger partial charge in [0.15, 0.2) is 5.65 Å². The fourth-order valence-corrected chi connectivity index (χ4v) is 1.81. The Morgan fingerprint density at radius 3 is 3.11 bits per heavy atom. The van der Waals surface area contributed by atoms with Gasteiger partial charge >= 0.3 is 5.97 Å². The molecule has 0 aliphatic rings. The predicted octanol–water partition coefficient (Wildman–Crippen LogP) is 1.62. The van der Waals surface area contributed by atoms with Gasteiger partial charge in [-0.3, -0.25) is 9.36 Å². The van der Waals surface area contributed by atoms with E-state index < -0.39 is 0 Å². The van der Waals surface area contributed by atoms with Crippen LogP contribution in [0.4, 0.5) is 5.95 Å². The first kappa shape index (κ1) is 12.6. The number of ether oxygens (including phenoxy) is 1. The van der Waals surface area contributed by atoms with E-state index in [1.807, 2.05) is 0 Å². The van der Waals surface area contributed by atoms with Crippen LogP contribution in [0.15, 0.2) is 12.3 Å². The van der Waals surface area contributed by atoms with E-state index in [1.165, 1.54) is 6.20 Å². The lowest BCUT2D eigenvalue weighted by atomic mass is 10.4. The standard InChI is InChI=1S/C11H13ClN4O2/c1-2-18-9(17)3-4-16-10-8(15-11(16)13)5-7(12)6-14-10/h5-6H,2-4H2,1H3,(H2,13,15). The molecule has 0 amide bonds. The number of carbonyl (C=O) groups is 1. The number of anilines is 1. The number of aryl methyl sites for hydroxylation is 1. The maximum atomic E-state index is 11.3. The molecule has 18 heavy (non-hydrogen) atoms. The first-order valence-corrected chi connectivity index (χ1v) is 5.92. The number of hydrogen-bond donors (Lipinski definition) is 1. The highest BCUT2D eigenvalue weighted by Gasteiger charge is 2.11. The van der Waals surface area contributed by atoms with Crippen LogP contribution in [-0.4, -0.2) is 27.1 Å². The van der Waals surface area contributed by atoms with Gasteiger partial charge < -0.3 is 10.5 Å². The maximum Gasteiger partial charge on any atom is 0.307 e. The Morgan fingerprint density at radius 1 is 1.61 bits per heavy atom. The molecule has 7 heteroatoms. The summed E-state index contributed by atoms with van der Waals surface area (Å²) < 4.78 is 6.53. The van der Waals surface area contributed by atoms with Crippen molar-refractivity contribution in [2.24, 2.45) is 0 Å². The number of esters is 1. The summed E-state index contributed by atoms with van der Waals surface area (Å²) in [6, 6.07) is 1.68. The third-order valence-corrected chi connectivity index (χ3v) is 2.63. The van der Waals surface area contributed by atoms with Gasteiger partial charge in [-0.15, -0.1) is 0 Å². The molecule has 0 unspecified atom stereocenters. The Bertz CT molecular complexity index is 582. The van der Waals surface area contributed by atoms with Crippen molar-refractivity contribution in [3.8, 4) is 0 Å². The highest BCUT2D eigenvalue weighted by molar-refractivity contribution is 6.31. The Balaban J connectivity index is 2.22. The molecular weight excluding hydrogens is 256 g/mol. The van der Waals surface area contributed by atoms with Gasteiger partial charge in [0.1, 0.15) is 5.52 Å². The van der Waals surface area contributed by atoms with Crippen molar-refractivity contribution in [2.75, 3.05) is 12.3 Å². The van der Waals surface area contributed by atoms with Gasteiger partial charge in [-0.2, -0.15) is 0 Å². The summed E-state index contributed by atoms with van der Waals surface area (Å²) in [6.07, 6.45) is 1.75. The van der Waals surface area contributed by atoms with Gasteiger partial charge in [-0.05, 0) is 13.0 Å². The molecule has 0 bridgehead atoms. The molecule has 2 N–H and O–H groups in total. The van der Waals surface area contributed by atoms with Gasteiger partial charge in [-0.25, -0.2) is 9.97 Å². The Kier molecular flexibility index (Phi) is 3.66. The zero-order valence-corrected chi connectivity index (χ0v) is 10.6. The molecule has 0 aliphatic heterocycles. The molecule has 2 heterocycles. The van der Waals surface area contributed by atoms with Crippen molar-refractivity contribution in [2.45, 2.75) is 19.9 Å². The normalized spacial score (nSPS) is 10.8. The third-order valence-electron chi connectivity index (χ3n) is 2.43. The topological polar surface area (TPSA) is 83.0 Å². The van der Waals surface area contributed by atoms with Crippen LogP contribution in [-0.2, 0) is 16.1 Å². The molecule has 0 radical (unpaired) electrons. The van der Waals surface area contributed by atoms with Crippen molar-refractivity contribution < 1.29 is 9.53 Å². The molecule has 0 saturated carbocycles. The zero-order chi connectivity index (χ0) is 13.1. The minimum Gasteiger partial charge on any atom is -0.466 e. The van der Waals surface area contributed by atoms with E-state index in [-0.39, 0.29) is 12.4 Å². The minimum atomic E-state index is -0.271. The zero-order valence-electron chi connectivity index (χ0n) is 9.89. The highest BCUT2D eigenvalue weighted by atomic mass is 35.5. The van der Waals surface area contributed by atoms with Crippen LogP contribution >= 0.6 is 11.6 Å². The number of halogens is 1. The average molecular weight is 269 g/mol. The number of fused-ring (bicyclic) bond motifs is 1. The molecule has 0 fully saturated rings. The number of aromatic nitrogens is 3. The fraction of sp³-hybridized carbons (Fsp3) is 0.364. The van der Waals surface area contributed by atoms with E-state index in [1.54, 1.807) is 17.6 Å². The number of carbonyl (C=O) groups excluding carboxylic acids is 1. The summed E-state index contributed by atoms with van der Waals surface area (Å²) in [5, 5.41) is 0.498. The quantitative estimate of drug-likeness (QED) is 0.852. The van der Waals surface area contributed by atoms with Gasteiger partial charge in [0.2, 0.25) is 5.95 Å². The van der Waals surface area contributed by atoms with E-state index in [9.17, 15) is 4.79 Å². The number of imidazole rings is 1. The number of hydrogen-bond acceptors (Lipinski definition) is 5. The first-order chi connectivity index (χ1) is 8.61. The van der Waals surface area contributed by atoms with Crippen molar-refractivity contribution in [3.05, 3.63) is 17.3 Å². The summed E-state index contributed by atoms with van der Waals surface area (Å²) in [5.74, 6) is 0.0387. The molecule has 2 aromatic rings. The lowest BCUT2D eigenvalue weighted by Crippen LogP contribution is -2.11. The maximum absolute atomic E-state index is 11.3. The fourth-order valence-electron chi connectivity index (χ4n) is 1.66. The van der Waals surface area contributed by atoms with Gasteiger partial charge in [0.25, 0.3) is 0 Å². The molecule has 2 aromatic heterocycles. The monoisotopic (exact) mass is 268 g/mol. The Labute approximate surface area is 109 Å². The van der Waals surface area contributed by atoms with Gasteiger partial charge in [0.05, 0.1) is 18.1 Å². The second-order valence-electron chi connectivity index (χ2n) is 3.67. The van der Waals surface area contributed by atoms with Crippen LogP contribution in [0, 0.1) is 0 Å². The molecular formula is C11H13ClN4O2. The number of nitrogen functional groups attached to an aromatic ring is 1. The highest BCUT2D eigenvalue weighted by Crippen LogP contribution is 2.19. The molecule has 0 aromatic carbocycles. The van der Waals surface area contributed by atoms with Crippen molar-refractivity contribution >= 4 is 34.7 Å². The number of nitrogens with zero attached hydrogens (tertiary/aromatic N) is 3. The van der Waals surface area contributed by atoms with Crippen molar-refractivity contribution in [3.63, 3.8) is 0 Å². The molecule has 0 spiro atoms. The lowest BCUT2D eigenvalue weighted by Gasteiger charge is -2.05. The lowest BCUT2D eigenvalue weighted by molar-refractivity contribution is -0.143. The van der Waals surface area contributed by atoms with Crippen LogP contribution in [0.1, 0.15) is 13.3 Å². The van der Waals surface area contributed by atoms with Crippen molar-refractivity contribution in [1.29, 1.82) is 0 Å². The first-order valence-electron chi connectivity index (χ1n) is 5.54. The van der Waals surface area contributed by atoms with E-state index in [0.29, 0.717) is 35.3 Å². The smallest absolute Gasteiger partial charge is 0.307 e. The minimum absolute atomic E-state index is 0.230. The van der Waals surface area contributed by atoms with Crippen LogP contribution in [0.5, 0.6) is 0 Å². The molecule has 6 nitrogen and oxygen atoms in total. The van der Waals surface area contributed by atoms with Crippen LogP contribution in [0.3, 0.4) is 0 Å². The second-order valence-corrected chi connectivity index (χ2v) is 4.11. The number of nitrogens with two attached hydrogens (primary N) is 1. The van der Waals surface area contributed by atoms with Crippen LogP contribution < -0.4 is 5.73 Å². The molecule has 96 valence electrons.